The highest BCUT2D eigenvalue weighted by molar-refractivity contribution is 9.11. The topological polar surface area (TPSA) is 76.7 Å². The highest BCUT2D eigenvalue weighted by atomic mass is 79.9. The minimum Gasteiger partial charge on any atom is -0.493 e. The zero-order valence-electron chi connectivity index (χ0n) is 14.4. The lowest BCUT2D eigenvalue weighted by Crippen LogP contribution is -2.44. The van der Waals surface area contributed by atoms with Crippen LogP contribution in [0.2, 0.25) is 0 Å². The van der Waals surface area contributed by atoms with Crippen LogP contribution in [0.5, 0.6) is 11.5 Å². The summed E-state index contributed by atoms with van der Waals surface area (Å²) in [6.45, 7) is 2.21. The molecule has 2 aromatic carbocycles. The third kappa shape index (κ3) is 6.82. The quantitative estimate of drug-likeness (QED) is 0.482. The van der Waals surface area contributed by atoms with Crippen molar-refractivity contribution in [3.63, 3.8) is 0 Å². The maximum absolute atomic E-state index is 12.4. The minimum absolute atomic E-state index is 0.252. The standard InChI is InChI=1S/C18H17Br3N2O4/c1-2-7-26-15-5-3-11(19)8-13(15)18(25)23-22-17(24)10-27-16-6-4-12(20)9-14(16)21/h3-6,8-9H,2,7,10H2,1H3,(H,22,24)(H,23,25). The molecule has 0 aromatic heterocycles. The average molecular weight is 565 g/mol. The Labute approximate surface area is 182 Å². The molecule has 0 saturated carbocycles. The Morgan fingerprint density at radius 2 is 1.59 bits per heavy atom. The van der Waals surface area contributed by atoms with Crippen LogP contribution in [0, 0.1) is 0 Å². The highest BCUT2D eigenvalue weighted by Gasteiger charge is 2.14. The number of hydrazine groups is 1. The summed E-state index contributed by atoms with van der Waals surface area (Å²) in [5.41, 5.74) is 5.00. The van der Waals surface area contributed by atoms with E-state index in [4.69, 9.17) is 9.47 Å². The van der Waals surface area contributed by atoms with Gasteiger partial charge in [-0.3, -0.25) is 20.4 Å². The molecule has 0 radical (unpaired) electrons. The van der Waals surface area contributed by atoms with Gasteiger partial charge in [-0.15, -0.1) is 0 Å². The molecule has 0 atom stereocenters. The molecule has 2 rings (SSSR count). The molecular weight excluding hydrogens is 548 g/mol. The lowest BCUT2D eigenvalue weighted by molar-refractivity contribution is -0.123. The number of benzene rings is 2. The number of hydrogen-bond donors (Lipinski definition) is 2. The lowest BCUT2D eigenvalue weighted by Gasteiger charge is -2.13. The number of ether oxygens (including phenoxy) is 2. The normalized spacial score (nSPS) is 10.2. The van der Waals surface area contributed by atoms with Gasteiger partial charge in [-0.1, -0.05) is 38.8 Å². The van der Waals surface area contributed by atoms with Gasteiger partial charge in [0.25, 0.3) is 11.8 Å². The van der Waals surface area contributed by atoms with Gasteiger partial charge in [0.1, 0.15) is 11.5 Å². The Kier molecular flexibility index (Phi) is 8.59. The van der Waals surface area contributed by atoms with Crippen LogP contribution in [0.1, 0.15) is 23.7 Å². The number of amides is 2. The van der Waals surface area contributed by atoms with Crippen LogP contribution in [0.4, 0.5) is 0 Å². The predicted octanol–water partition coefficient (Wildman–Crippen LogP) is 4.60. The van der Waals surface area contributed by atoms with E-state index < -0.39 is 11.8 Å². The van der Waals surface area contributed by atoms with Crippen molar-refractivity contribution in [3.8, 4) is 11.5 Å². The number of carbonyl (C=O) groups excluding carboxylic acids is 2. The molecule has 0 saturated heterocycles. The number of halogens is 3. The van der Waals surface area contributed by atoms with Gasteiger partial charge in [-0.05, 0) is 58.7 Å². The molecule has 27 heavy (non-hydrogen) atoms. The van der Waals surface area contributed by atoms with Crippen molar-refractivity contribution >= 4 is 59.6 Å². The number of carbonyl (C=O) groups is 2. The molecule has 0 unspecified atom stereocenters. The van der Waals surface area contributed by atoms with Crippen molar-refractivity contribution in [3.05, 3.63) is 55.4 Å². The largest absolute Gasteiger partial charge is 0.493 e. The Bertz CT molecular complexity index is 830. The molecule has 9 heteroatoms. The van der Waals surface area contributed by atoms with Gasteiger partial charge in [0.05, 0.1) is 16.6 Å². The van der Waals surface area contributed by atoms with Crippen LogP contribution in [-0.4, -0.2) is 25.0 Å². The molecule has 0 bridgehead atoms. The smallest absolute Gasteiger partial charge is 0.276 e. The zero-order chi connectivity index (χ0) is 19.8. The summed E-state index contributed by atoms with van der Waals surface area (Å²) in [6.07, 6.45) is 0.816. The molecule has 0 fully saturated rings. The minimum atomic E-state index is -0.496. The van der Waals surface area contributed by atoms with Crippen LogP contribution < -0.4 is 20.3 Å². The Balaban J connectivity index is 1.91. The first-order valence-corrected chi connectivity index (χ1v) is 10.4. The lowest BCUT2D eigenvalue weighted by atomic mass is 10.2. The van der Waals surface area contributed by atoms with Crippen molar-refractivity contribution in [1.29, 1.82) is 0 Å². The van der Waals surface area contributed by atoms with E-state index in [0.717, 1.165) is 15.4 Å². The summed E-state index contributed by atoms with van der Waals surface area (Å²) in [7, 11) is 0. The number of rotatable bonds is 7. The first-order valence-electron chi connectivity index (χ1n) is 8.00. The average Bonchev–Trinajstić information content (AvgIpc) is 2.64. The maximum atomic E-state index is 12.4. The summed E-state index contributed by atoms with van der Waals surface area (Å²) in [4.78, 5) is 24.3. The van der Waals surface area contributed by atoms with E-state index in [1.807, 2.05) is 6.92 Å². The van der Waals surface area contributed by atoms with Crippen LogP contribution >= 0.6 is 47.8 Å². The monoisotopic (exact) mass is 562 g/mol. The molecule has 0 aliphatic heterocycles. The summed E-state index contributed by atoms with van der Waals surface area (Å²) < 4.78 is 13.3. The van der Waals surface area contributed by atoms with E-state index in [2.05, 4.69) is 58.6 Å². The van der Waals surface area contributed by atoms with Crippen molar-refractivity contribution < 1.29 is 19.1 Å². The summed E-state index contributed by atoms with van der Waals surface area (Å²) >= 11 is 10.0. The Hall–Kier alpha value is -1.58. The van der Waals surface area contributed by atoms with E-state index >= 15 is 0 Å². The summed E-state index contributed by atoms with van der Waals surface area (Å²) in [6, 6.07) is 10.4. The Morgan fingerprint density at radius 3 is 2.26 bits per heavy atom. The van der Waals surface area contributed by atoms with E-state index in [9.17, 15) is 9.59 Å². The van der Waals surface area contributed by atoms with Crippen LogP contribution in [0.3, 0.4) is 0 Å². The summed E-state index contributed by atoms with van der Waals surface area (Å²) in [5.74, 6) is -0.0199. The number of nitrogens with one attached hydrogen (secondary N) is 2. The molecule has 0 aliphatic rings. The van der Waals surface area contributed by atoms with Crippen molar-refractivity contribution in [1.82, 2.24) is 10.9 Å². The molecule has 144 valence electrons. The fourth-order valence-electron chi connectivity index (χ4n) is 1.98. The Morgan fingerprint density at radius 1 is 0.926 bits per heavy atom. The van der Waals surface area contributed by atoms with Gasteiger partial charge < -0.3 is 9.47 Å². The van der Waals surface area contributed by atoms with E-state index in [1.54, 1.807) is 36.4 Å². The molecule has 2 amide bonds. The van der Waals surface area contributed by atoms with Gasteiger partial charge in [-0.25, -0.2) is 0 Å². The second kappa shape index (κ2) is 10.7. The van der Waals surface area contributed by atoms with Crippen molar-refractivity contribution in [2.24, 2.45) is 0 Å². The summed E-state index contributed by atoms with van der Waals surface area (Å²) in [5, 5.41) is 0. The van der Waals surface area contributed by atoms with E-state index in [0.29, 0.717) is 28.1 Å². The first-order chi connectivity index (χ1) is 12.9. The second-order valence-electron chi connectivity index (χ2n) is 5.35. The van der Waals surface area contributed by atoms with Gasteiger partial charge in [0.15, 0.2) is 6.61 Å². The number of hydrogen-bond acceptors (Lipinski definition) is 4. The highest BCUT2D eigenvalue weighted by Crippen LogP contribution is 2.28. The van der Waals surface area contributed by atoms with Gasteiger partial charge in [-0.2, -0.15) is 0 Å². The zero-order valence-corrected chi connectivity index (χ0v) is 19.1. The predicted molar refractivity (Wildman–Crippen MR) is 113 cm³/mol. The van der Waals surface area contributed by atoms with Crippen LogP contribution in [0.25, 0.3) is 0 Å². The molecule has 6 nitrogen and oxygen atoms in total. The maximum Gasteiger partial charge on any atom is 0.276 e. The SMILES string of the molecule is CCCOc1ccc(Br)cc1C(=O)NNC(=O)COc1ccc(Br)cc1Br. The van der Waals surface area contributed by atoms with Crippen molar-refractivity contribution in [2.45, 2.75) is 13.3 Å². The first kappa shape index (κ1) is 21.7. The van der Waals surface area contributed by atoms with Crippen LogP contribution in [-0.2, 0) is 4.79 Å². The van der Waals surface area contributed by atoms with Crippen LogP contribution in [0.15, 0.2) is 49.8 Å². The van der Waals surface area contributed by atoms with Crippen molar-refractivity contribution in [2.75, 3.05) is 13.2 Å². The second-order valence-corrected chi connectivity index (χ2v) is 8.04. The third-order valence-electron chi connectivity index (χ3n) is 3.22. The van der Waals surface area contributed by atoms with Gasteiger partial charge in [0.2, 0.25) is 0 Å². The fourth-order valence-corrected chi connectivity index (χ4v) is 3.51. The van der Waals surface area contributed by atoms with E-state index in [-0.39, 0.29) is 6.61 Å². The van der Waals surface area contributed by atoms with E-state index in [1.165, 1.54) is 0 Å². The molecule has 0 heterocycles. The third-order valence-corrected chi connectivity index (χ3v) is 4.82. The molecule has 0 spiro atoms. The van der Waals surface area contributed by atoms with Gasteiger partial charge in [0, 0.05) is 8.95 Å². The fraction of sp³-hybridized carbons (Fsp3) is 0.222. The molecule has 2 N–H and O–H groups in total. The molecule has 2 aromatic rings. The molecule has 0 aliphatic carbocycles. The molecular formula is C18H17Br3N2O4. The van der Waals surface area contributed by atoms with Gasteiger partial charge >= 0.3 is 0 Å².